The second-order valence-electron chi connectivity index (χ2n) is 5.94. The maximum atomic E-state index is 10.2. The Kier molecular flexibility index (Phi) is 3.55. The van der Waals surface area contributed by atoms with Crippen LogP contribution >= 0.6 is 0 Å². The molecule has 2 atom stereocenters. The lowest BCUT2D eigenvalue weighted by molar-refractivity contribution is 0.0918. The summed E-state index contributed by atoms with van der Waals surface area (Å²) in [7, 11) is 0. The van der Waals surface area contributed by atoms with Gasteiger partial charge in [0.25, 0.3) is 0 Å². The molecule has 1 aliphatic heterocycles. The summed E-state index contributed by atoms with van der Waals surface area (Å²) in [5.41, 5.74) is 2.48. The van der Waals surface area contributed by atoms with Crippen molar-refractivity contribution in [1.82, 2.24) is 0 Å². The molecule has 0 bridgehead atoms. The maximum absolute atomic E-state index is 10.2. The smallest absolute Gasteiger partial charge is 0.0841 e. The Morgan fingerprint density at radius 3 is 2.35 bits per heavy atom. The average Bonchev–Trinajstić information content (AvgIpc) is 2.80. The molecular weight excluding hydrogens is 212 g/mol. The van der Waals surface area contributed by atoms with Gasteiger partial charge in [0.2, 0.25) is 0 Å². The van der Waals surface area contributed by atoms with Crippen LogP contribution in [-0.4, -0.2) is 18.3 Å². The molecule has 0 aromatic heterocycles. The third-order valence-electron chi connectivity index (χ3n) is 3.53. The third-order valence-corrected chi connectivity index (χ3v) is 3.53. The number of aliphatic hydroxyl groups is 1. The molecule has 1 saturated heterocycles. The molecule has 2 heteroatoms. The SMILES string of the molecule is CC(C)(C)c1ccc(C(O)C2CCOC2)cc1. The molecule has 0 radical (unpaired) electrons. The fraction of sp³-hybridized carbons (Fsp3) is 0.600. The fourth-order valence-corrected chi connectivity index (χ4v) is 2.25. The first-order valence-electron chi connectivity index (χ1n) is 6.35. The number of hydrogen-bond donors (Lipinski definition) is 1. The lowest BCUT2D eigenvalue weighted by atomic mass is 9.85. The number of hydrogen-bond acceptors (Lipinski definition) is 2. The number of ether oxygens (including phenoxy) is 1. The van der Waals surface area contributed by atoms with Crippen molar-refractivity contribution in [2.45, 2.75) is 38.7 Å². The van der Waals surface area contributed by atoms with E-state index < -0.39 is 0 Å². The summed E-state index contributed by atoms with van der Waals surface area (Å²) in [5.74, 6) is 0.260. The first-order valence-corrected chi connectivity index (χ1v) is 6.35. The lowest BCUT2D eigenvalue weighted by Crippen LogP contribution is -2.14. The van der Waals surface area contributed by atoms with E-state index in [1.165, 1.54) is 5.56 Å². The van der Waals surface area contributed by atoms with Gasteiger partial charge in [0.15, 0.2) is 0 Å². The molecule has 1 heterocycles. The van der Waals surface area contributed by atoms with Crippen molar-refractivity contribution in [3.8, 4) is 0 Å². The van der Waals surface area contributed by atoms with Gasteiger partial charge in [0.05, 0.1) is 12.7 Å². The van der Waals surface area contributed by atoms with Gasteiger partial charge in [-0.15, -0.1) is 0 Å². The molecule has 1 aromatic carbocycles. The maximum Gasteiger partial charge on any atom is 0.0841 e. The zero-order chi connectivity index (χ0) is 12.5. The van der Waals surface area contributed by atoms with Crippen molar-refractivity contribution in [1.29, 1.82) is 0 Å². The molecule has 0 spiro atoms. The van der Waals surface area contributed by atoms with Gasteiger partial charge in [-0.25, -0.2) is 0 Å². The lowest BCUT2D eigenvalue weighted by Gasteiger charge is -2.21. The van der Waals surface area contributed by atoms with E-state index in [4.69, 9.17) is 4.74 Å². The number of rotatable bonds is 2. The highest BCUT2D eigenvalue weighted by Gasteiger charge is 2.25. The van der Waals surface area contributed by atoms with Crippen molar-refractivity contribution in [2.24, 2.45) is 5.92 Å². The first-order chi connectivity index (χ1) is 7.98. The summed E-state index contributed by atoms with van der Waals surface area (Å²) >= 11 is 0. The molecular formula is C15H22O2. The summed E-state index contributed by atoms with van der Waals surface area (Å²) in [6.07, 6.45) is 0.578. The highest BCUT2D eigenvalue weighted by molar-refractivity contribution is 5.29. The van der Waals surface area contributed by atoms with E-state index in [2.05, 4.69) is 32.9 Å². The quantitative estimate of drug-likeness (QED) is 0.852. The molecule has 1 aliphatic rings. The van der Waals surface area contributed by atoms with Crippen LogP contribution in [0.2, 0.25) is 0 Å². The summed E-state index contributed by atoms with van der Waals surface area (Å²) < 4.78 is 5.32. The number of aliphatic hydroxyl groups excluding tert-OH is 1. The molecule has 94 valence electrons. The van der Waals surface area contributed by atoms with Gasteiger partial charge in [-0.1, -0.05) is 45.0 Å². The van der Waals surface area contributed by atoms with Crippen LogP contribution in [0.4, 0.5) is 0 Å². The third kappa shape index (κ3) is 2.88. The van der Waals surface area contributed by atoms with E-state index in [1.807, 2.05) is 12.1 Å². The van der Waals surface area contributed by atoms with E-state index >= 15 is 0 Å². The predicted molar refractivity (Wildman–Crippen MR) is 69.0 cm³/mol. The minimum atomic E-state index is -0.383. The van der Waals surface area contributed by atoms with Gasteiger partial charge in [0, 0.05) is 12.5 Å². The van der Waals surface area contributed by atoms with Crippen LogP contribution < -0.4 is 0 Å². The van der Waals surface area contributed by atoms with E-state index in [0.29, 0.717) is 6.61 Å². The van der Waals surface area contributed by atoms with Gasteiger partial charge >= 0.3 is 0 Å². The molecule has 17 heavy (non-hydrogen) atoms. The van der Waals surface area contributed by atoms with Gasteiger partial charge in [-0.2, -0.15) is 0 Å². The first kappa shape index (κ1) is 12.6. The topological polar surface area (TPSA) is 29.5 Å². The fourth-order valence-electron chi connectivity index (χ4n) is 2.25. The minimum Gasteiger partial charge on any atom is -0.388 e. The van der Waals surface area contributed by atoms with Gasteiger partial charge < -0.3 is 9.84 Å². The van der Waals surface area contributed by atoms with Crippen molar-refractivity contribution >= 4 is 0 Å². The summed E-state index contributed by atoms with van der Waals surface area (Å²) in [4.78, 5) is 0. The molecule has 1 aromatic rings. The molecule has 2 nitrogen and oxygen atoms in total. The molecule has 2 unspecified atom stereocenters. The molecule has 2 rings (SSSR count). The van der Waals surface area contributed by atoms with E-state index in [0.717, 1.165) is 18.6 Å². The number of benzene rings is 1. The predicted octanol–water partition coefficient (Wildman–Crippen LogP) is 3.05. The monoisotopic (exact) mass is 234 g/mol. The molecule has 0 aliphatic carbocycles. The Labute approximate surface area is 104 Å². The largest absolute Gasteiger partial charge is 0.388 e. The average molecular weight is 234 g/mol. The van der Waals surface area contributed by atoms with Crippen LogP contribution in [0.3, 0.4) is 0 Å². The highest BCUT2D eigenvalue weighted by atomic mass is 16.5. The van der Waals surface area contributed by atoms with Crippen LogP contribution in [0.15, 0.2) is 24.3 Å². The van der Waals surface area contributed by atoms with E-state index in [9.17, 15) is 5.11 Å². The second-order valence-corrected chi connectivity index (χ2v) is 5.94. The molecule has 1 N–H and O–H groups in total. The molecule has 1 fully saturated rings. The molecule has 0 amide bonds. The van der Waals surface area contributed by atoms with Crippen molar-refractivity contribution in [3.05, 3.63) is 35.4 Å². The highest BCUT2D eigenvalue weighted by Crippen LogP contribution is 2.30. The van der Waals surface area contributed by atoms with E-state index in [1.54, 1.807) is 0 Å². The normalized spacial score (nSPS) is 22.7. The second kappa shape index (κ2) is 4.79. The van der Waals surface area contributed by atoms with E-state index in [-0.39, 0.29) is 17.4 Å². The van der Waals surface area contributed by atoms with Gasteiger partial charge in [-0.3, -0.25) is 0 Å². The Morgan fingerprint density at radius 2 is 1.88 bits per heavy atom. The summed E-state index contributed by atoms with van der Waals surface area (Å²) in [6, 6.07) is 8.33. The molecule has 0 saturated carbocycles. The van der Waals surface area contributed by atoms with Crippen molar-refractivity contribution in [3.63, 3.8) is 0 Å². The Bertz CT molecular complexity index is 356. The summed E-state index contributed by atoms with van der Waals surface area (Å²) in [5, 5.41) is 10.2. The Hall–Kier alpha value is -0.860. The minimum absolute atomic E-state index is 0.167. The van der Waals surface area contributed by atoms with Gasteiger partial charge in [-0.05, 0) is 23.0 Å². The Balaban J connectivity index is 2.12. The van der Waals surface area contributed by atoms with Crippen LogP contribution in [-0.2, 0) is 10.2 Å². The van der Waals surface area contributed by atoms with Crippen LogP contribution in [0, 0.1) is 5.92 Å². The van der Waals surface area contributed by atoms with Gasteiger partial charge in [0.1, 0.15) is 0 Å². The van der Waals surface area contributed by atoms with Crippen LogP contribution in [0.5, 0.6) is 0 Å². The van der Waals surface area contributed by atoms with Crippen molar-refractivity contribution < 1.29 is 9.84 Å². The zero-order valence-electron chi connectivity index (χ0n) is 10.9. The van der Waals surface area contributed by atoms with Crippen LogP contribution in [0.1, 0.15) is 44.4 Å². The standard InChI is InChI=1S/C15H22O2/c1-15(2,3)13-6-4-11(5-7-13)14(16)12-8-9-17-10-12/h4-7,12,14,16H,8-10H2,1-3H3. The van der Waals surface area contributed by atoms with Crippen molar-refractivity contribution in [2.75, 3.05) is 13.2 Å². The van der Waals surface area contributed by atoms with Crippen LogP contribution in [0.25, 0.3) is 0 Å². The Morgan fingerprint density at radius 1 is 1.24 bits per heavy atom. The zero-order valence-corrected chi connectivity index (χ0v) is 10.9. The summed E-state index contributed by atoms with van der Waals surface area (Å²) in [6.45, 7) is 8.06.